The Kier molecular flexibility index (Phi) is 5.13. The highest BCUT2D eigenvalue weighted by Gasteiger charge is 2.19. The van der Waals surface area contributed by atoms with E-state index in [1.807, 2.05) is 18.5 Å². The third-order valence-electron chi connectivity index (χ3n) is 3.16. The van der Waals surface area contributed by atoms with Gasteiger partial charge in [0, 0.05) is 28.6 Å². The number of hydrogen-bond donors (Lipinski definition) is 1. The lowest BCUT2D eigenvalue weighted by Gasteiger charge is -2.14. The molecule has 0 bridgehead atoms. The van der Waals surface area contributed by atoms with Crippen LogP contribution in [0.4, 0.5) is 0 Å². The van der Waals surface area contributed by atoms with Crippen LogP contribution in [0, 0.1) is 6.92 Å². The number of aryl methyl sites for hydroxylation is 2. The van der Waals surface area contributed by atoms with E-state index in [9.17, 15) is 5.11 Å². The highest BCUT2D eigenvalue weighted by atomic mass is 79.9. The molecule has 0 fully saturated rings. The maximum atomic E-state index is 10.4. The average molecular weight is 378 g/mol. The first kappa shape index (κ1) is 15.8. The van der Waals surface area contributed by atoms with Crippen molar-refractivity contribution in [2.24, 2.45) is 0 Å². The smallest absolute Gasteiger partial charge is 0.0860 e. The SMILES string of the molecule is CCn1nc(C)c(Br)c1CC(O)c1cc(Cl)ccc1Cl. The molecule has 3 nitrogen and oxygen atoms in total. The van der Waals surface area contributed by atoms with Gasteiger partial charge in [0.15, 0.2) is 0 Å². The molecule has 0 saturated carbocycles. The van der Waals surface area contributed by atoms with Gasteiger partial charge in [-0.3, -0.25) is 4.68 Å². The van der Waals surface area contributed by atoms with Gasteiger partial charge in [0.05, 0.1) is 22.0 Å². The number of benzene rings is 1. The highest BCUT2D eigenvalue weighted by Crippen LogP contribution is 2.31. The van der Waals surface area contributed by atoms with Crippen LogP contribution in [0.5, 0.6) is 0 Å². The zero-order chi connectivity index (χ0) is 14.9. The van der Waals surface area contributed by atoms with Crippen molar-refractivity contribution in [2.45, 2.75) is 32.9 Å². The van der Waals surface area contributed by atoms with Crippen molar-refractivity contribution < 1.29 is 5.11 Å². The van der Waals surface area contributed by atoms with Gasteiger partial charge in [-0.1, -0.05) is 23.2 Å². The molecule has 1 aromatic carbocycles. The Morgan fingerprint density at radius 3 is 2.75 bits per heavy atom. The van der Waals surface area contributed by atoms with Crippen molar-refractivity contribution in [3.63, 3.8) is 0 Å². The van der Waals surface area contributed by atoms with Crippen LogP contribution in [0.25, 0.3) is 0 Å². The van der Waals surface area contributed by atoms with Crippen molar-refractivity contribution in [3.05, 3.63) is 49.7 Å². The fourth-order valence-corrected chi connectivity index (χ4v) is 3.00. The fourth-order valence-electron chi connectivity index (χ4n) is 2.13. The van der Waals surface area contributed by atoms with E-state index in [4.69, 9.17) is 23.2 Å². The van der Waals surface area contributed by atoms with Crippen LogP contribution in [0.1, 0.15) is 30.0 Å². The van der Waals surface area contributed by atoms with Crippen LogP contribution < -0.4 is 0 Å². The second kappa shape index (κ2) is 6.48. The summed E-state index contributed by atoms with van der Waals surface area (Å²) < 4.78 is 2.80. The molecule has 1 unspecified atom stereocenters. The second-order valence-electron chi connectivity index (χ2n) is 4.55. The van der Waals surface area contributed by atoms with Gasteiger partial charge in [-0.15, -0.1) is 0 Å². The Morgan fingerprint density at radius 2 is 2.10 bits per heavy atom. The lowest BCUT2D eigenvalue weighted by Crippen LogP contribution is -2.09. The molecule has 1 atom stereocenters. The van der Waals surface area contributed by atoms with Crippen LogP contribution in [-0.4, -0.2) is 14.9 Å². The molecule has 1 heterocycles. The molecule has 0 aliphatic rings. The standard InChI is InChI=1S/C14H15BrCl2N2O/c1-3-19-12(14(15)8(2)18-19)7-13(20)10-6-9(16)4-5-11(10)17/h4-6,13,20H,3,7H2,1-2H3. The average Bonchev–Trinajstić information content (AvgIpc) is 2.69. The van der Waals surface area contributed by atoms with Gasteiger partial charge in [-0.05, 0) is 48.0 Å². The van der Waals surface area contributed by atoms with Crippen molar-refractivity contribution in [1.82, 2.24) is 9.78 Å². The Morgan fingerprint density at radius 1 is 1.40 bits per heavy atom. The van der Waals surface area contributed by atoms with Crippen LogP contribution >= 0.6 is 39.1 Å². The lowest BCUT2D eigenvalue weighted by atomic mass is 10.0. The summed E-state index contributed by atoms with van der Waals surface area (Å²) in [5.41, 5.74) is 2.49. The van der Waals surface area contributed by atoms with Crippen molar-refractivity contribution in [1.29, 1.82) is 0 Å². The van der Waals surface area contributed by atoms with E-state index in [0.29, 0.717) is 22.0 Å². The highest BCUT2D eigenvalue weighted by molar-refractivity contribution is 9.10. The van der Waals surface area contributed by atoms with Gasteiger partial charge >= 0.3 is 0 Å². The summed E-state index contributed by atoms with van der Waals surface area (Å²) in [5.74, 6) is 0. The summed E-state index contributed by atoms with van der Waals surface area (Å²) in [6.45, 7) is 4.69. The predicted molar refractivity (Wildman–Crippen MR) is 85.5 cm³/mol. The number of hydrogen-bond acceptors (Lipinski definition) is 2. The Hall–Kier alpha value is -0.550. The summed E-state index contributed by atoms with van der Waals surface area (Å²) >= 11 is 15.6. The van der Waals surface area contributed by atoms with Gasteiger partial charge in [0.2, 0.25) is 0 Å². The number of aromatic nitrogens is 2. The van der Waals surface area contributed by atoms with Gasteiger partial charge in [0.25, 0.3) is 0 Å². The maximum absolute atomic E-state index is 10.4. The third kappa shape index (κ3) is 3.19. The maximum Gasteiger partial charge on any atom is 0.0860 e. The summed E-state index contributed by atoms with van der Waals surface area (Å²) in [4.78, 5) is 0. The first-order valence-electron chi connectivity index (χ1n) is 6.28. The summed E-state index contributed by atoms with van der Waals surface area (Å²) in [5, 5.41) is 15.9. The minimum absolute atomic E-state index is 0.426. The topological polar surface area (TPSA) is 38.0 Å². The first-order chi connectivity index (χ1) is 9.43. The van der Waals surface area contributed by atoms with Gasteiger partial charge < -0.3 is 5.11 Å². The molecular formula is C14H15BrCl2N2O. The van der Waals surface area contributed by atoms with Crippen LogP contribution in [0.2, 0.25) is 10.0 Å². The van der Waals surface area contributed by atoms with Gasteiger partial charge in [0.1, 0.15) is 0 Å². The molecule has 0 saturated heterocycles. The van der Waals surface area contributed by atoms with Crippen molar-refractivity contribution in [3.8, 4) is 0 Å². The second-order valence-corrected chi connectivity index (χ2v) is 6.18. The molecule has 0 spiro atoms. The van der Waals surface area contributed by atoms with Gasteiger partial charge in [-0.2, -0.15) is 5.10 Å². The first-order valence-corrected chi connectivity index (χ1v) is 7.83. The van der Waals surface area contributed by atoms with E-state index in [1.165, 1.54) is 0 Å². The minimum Gasteiger partial charge on any atom is -0.388 e. The molecular weight excluding hydrogens is 363 g/mol. The molecule has 20 heavy (non-hydrogen) atoms. The van der Waals surface area contributed by atoms with Crippen molar-refractivity contribution >= 4 is 39.1 Å². The number of aliphatic hydroxyl groups is 1. The molecule has 2 aromatic rings. The Balaban J connectivity index is 2.32. The van der Waals surface area contributed by atoms with E-state index in [-0.39, 0.29) is 0 Å². The van der Waals surface area contributed by atoms with Crippen LogP contribution in [0.3, 0.4) is 0 Å². The quantitative estimate of drug-likeness (QED) is 0.848. The molecule has 1 aromatic heterocycles. The molecule has 6 heteroatoms. The van der Waals surface area contributed by atoms with E-state index in [1.54, 1.807) is 18.2 Å². The van der Waals surface area contributed by atoms with E-state index in [2.05, 4.69) is 21.0 Å². The molecule has 2 rings (SSSR count). The van der Waals surface area contributed by atoms with Crippen LogP contribution in [0.15, 0.2) is 22.7 Å². The normalized spacial score (nSPS) is 12.7. The minimum atomic E-state index is -0.723. The van der Waals surface area contributed by atoms with Gasteiger partial charge in [-0.25, -0.2) is 0 Å². The molecule has 0 aliphatic carbocycles. The van der Waals surface area contributed by atoms with Crippen molar-refractivity contribution in [2.75, 3.05) is 0 Å². The predicted octanol–water partition coefficient (Wildman–Crippen LogP) is 4.56. The number of nitrogens with zero attached hydrogens (tertiary/aromatic N) is 2. The van der Waals surface area contributed by atoms with Crippen LogP contribution in [-0.2, 0) is 13.0 Å². The molecule has 0 amide bonds. The Labute approximate surface area is 136 Å². The number of halogens is 3. The Bertz CT molecular complexity index is 628. The summed E-state index contributed by atoms with van der Waals surface area (Å²) in [6.07, 6.45) is -0.297. The largest absolute Gasteiger partial charge is 0.388 e. The number of rotatable bonds is 4. The molecule has 1 N–H and O–H groups in total. The van der Waals surface area contributed by atoms with E-state index < -0.39 is 6.10 Å². The number of aliphatic hydroxyl groups excluding tert-OH is 1. The monoisotopic (exact) mass is 376 g/mol. The zero-order valence-electron chi connectivity index (χ0n) is 11.2. The lowest BCUT2D eigenvalue weighted by molar-refractivity contribution is 0.175. The summed E-state index contributed by atoms with van der Waals surface area (Å²) in [7, 11) is 0. The third-order valence-corrected chi connectivity index (χ3v) is 4.77. The molecule has 0 aliphatic heterocycles. The fraction of sp³-hybridized carbons (Fsp3) is 0.357. The van der Waals surface area contributed by atoms with E-state index >= 15 is 0 Å². The summed E-state index contributed by atoms with van der Waals surface area (Å²) in [6, 6.07) is 5.10. The van der Waals surface area contributed by atoms with E-state index in [0.717, 1.165) is 22.4 Å². The molecule has 108 valence electrons. The molecule has 0 radical (unpaired) electrons. The zero-order valence-corrected chi connectivity index (χ0v) is 14.3.